The van der Waals surface area contributed by atoms with E-state index in [0.29, 0.717) is 0 Å². The minimum atomic E-state index is -0.223. The second kappa shape index (κ2) is 13.5. The van der Waals surface area contributed by atoms with Gasteiger partial charge in [0.1, 0.15) is 6.17 Å². The summed E-state index contributed by atoms with van der Waals surface area (Å²) in [6.07, 6.45) is 9.35. The summed E-state index contributed by atoms with van der Waals surface area (Å²) >= 11 is 0. The van der Waals surface area contributed by atoms with E-state index in [9.17, 15) is 0 Å². The summed E-state index contributed by atoms with van der Waals surface area (Å²) in [6, 6.07) is 65.6. The molecule has 7 aromatic carbocycles. The highest BCUT2D eigenvalue weighted by Gasteiger charge is 2.47. The van der Waals surface area contributed by atoms with Gasteiger partial charge in [-0.15, -0.1) is 0 Å². The highest BCUT2D eigenvalue weighted by Crippen LogP contribution is 2.55. The maximum atomic E-state index is 5.41. The van der Waals surface area contributed by atoms with Gasteiger partial charge in [0.2, 0.25) is 0 Å². The second-order valence-electron chi connectivity index (χ2n) is 15.8. The highest BCUT2D eigenvalue weighted by molar-refractivity contribution is 6.14. The summed E-state index contributed by atoms with van der Waals surface area (Å²) in [5.74, 6) is 0.200. The van der Waals surface area contributed by atoms with Crippen LogP contribution in [-0.2, 0) is 0 Å². The average Bonchev–Trinajstić information content (AvgIpc) is 3.75. The van der Waals surface area contributed by atoms with E-state index in [1.807, 2.05) is 0 Å². The fourth-order valence-corrected chi connectivity index (χ4v) is 9.61. The molecule has 3 heterocycles. The fourth-order valence-electron chi connectivity index (χ4n) is 9.61. The maximum Gasteiger partial charge on any atom is 0.147 e. The van der Waals surface area contributed by atoms with Gasteiger partial charge < -0.3 is 14.4 Å². The summed E-state index contributed by atoms with van der Waals surface area (Å²) in [4.78, 5) is 10.2. The number of allylic oxidation sites excluding steroid dienone is 3. The van der Waals surface area contributed by atoms with Crippen LogP contribution in [0, 0.1) is 0 Å². The first kappa shape index (κ1) is 34.1. The molecule has 0 fully saturated rings. The van der Waals surface area contributed by atoms with E-state index in [1.54, 1.807) is 0 Å². The number of benzene rings is 7. The fraction of sp³-hybridized carbons (Fsp3) is 0.0926. The van der Waals surface area contributed by atoms with E-state index in [0.717, 1.165) is 28.2 Å². The average molecular weight is 747 g/mol. The molecule has 11 rings (SSSR count). The number of aromatic nitrogens is 1. The van der Waals surface area contributed by atoms with E-state index in [2.05, 4.69) is 235 Å². The lowest BCUT2D eigenvalue weighted by Crippen LogP contribution is -2.42. The van der Waals surface area contributed by atoms with E-state index < -0.39 is 0 Å². The monoisotopic (exact) mass is 746 g/mol. The number of para-hydroxylation sites is 3. The van der Waals surface area contributed by atoms with E-state index in [1.165, 1.54) is 55.4 Å². The van der Waals surface area contributed by atoms with Gasteiger partial charge in [-0.2, -0.15) is 0 Å². The lowest BCUT2D eigenvalue weighted by Gasteiger charge is -2.40. The van der Waals surface area contributed by atoms with Crippen molar-refractivity contribution in [1.29, 1.82) is 0 Å². The standard InChI is InChI=1S/C54H42N4/c1-54-32-31-40(34-47(54)46-26-13-15-28-50(46)58(54)42-22-10-5-11-23-42)39-29-30-45-44-25-12-14-27-49(44)57(52(45)35-39)43-24-16-21-41(33-43)48-36-51(37-17-6-3-7-18-37)56(2)53(55-48)38-19-8-4-9-20-38/h3-36,47,53H,1-2H3. The molecule has 0 N–H and O–H groups in total. The number of nitrogens with zero attached hydrogens (tertiary/aromatic N) is 4. The first-order chi connectivity index (χ1) is 28.5. The zero-order valence-electron chi connectivity index (χ0n) is 32.6. The third-order valence-electron chi connectivity index (χ3n) is 12.4. The van der Waals surface area contributed by atoms with Crippen LogP contribution in [0.1, 0.15) is 46.8 Å². The normalized spacial score (nSPS) is 19.8. The lowest BCUT2D eigenvalue weighted by atomic mass is 9.77. The van der Waals surface area contributed by atoms with Crippen LogP contribution in [-0.4, -0.2) is 27.8 Å². The maximum absolute atomic E-state index is 5.41. The molecule has 0 saturated carbocycles. The first-order valence-electron chi connectivity index (χ1n) is 20.2. The molecule has 0 spiro atoms. The number of hydrogen-bond donors (Lipinski definition) is 0. The molecule has 4 nitrogen and oxygen atoms in total. The van der Waals surface area contributed by atoms with Crippen molar-refractivity contribution in [2.24, 2.45) is 4.99 Å². The largest absolute Gasteiger partial charge is 0.349 e. The summed E-state index contributed by atoms with van der Waals surface area (Å²) in [6.45, 7) is 2.37. The third-order valence-corrected chi connectivity index (χ3v) is 12.4. The van der Waals surface area contributed by atoms with Crippen LogP contribution in [0.25, 0.3) is 38.8 Å². The molecular weight excluding hydrogens is 705 g/mol. The van der Waals surface area contributed by atoms with Crippen LogP contribution >= 0.6 is 0 Å². The molecule has 2 aliphatic heterocycles. The molecule has 0 saturated heterocycles. The Hall–Kier alpha value is -7.17. The zero-order chi connectivity index (χ0) is 38.8. The molecule has 0 bridgehead atoms. The molecule has 3 unspecified atom stereocenters. The Labute approximate surface area is 339 Å². The summed E-state index contributed by atoms with van der Waals surface area (Å²) < 4.78 is 2.43. The van der Waals surface area contributed by atoms with Crippen molar-refractivity contribution in [1.82, 2.24) is 9.47 Å². The quantitative estimate of drug-likeness (QED) is 0.169. The molecule has 1 aromatic heterocycles. The van der Waals surface area contributed by atoms with Crippen molar-refractivity contribution in [2.45, 2.75) is 24.5 Å². The lowest BCUT2D eigenvalue weighted by molar-refractivity contribution is 0.364. The molecule has 4 heteroatoms. The van der Waals surface area contributed by atoms with Crippen molar-refractivity contribution in [2.75, 3.05) is 11.9 Å². The Balaban J connectivity index is 1.03. The Morgan fingerprint density at radius 1 is 0.569 bits per heavy atom. The molecule has 0 radical (unpaired) electrons. The predicted molar refractivity (Wildman–Crippen MR) is 242 cm³/mol. The van der Waals surface area contributed by atoms with Gasteiger partial charge in [0.15, 0.2) is 0 Å². The highest BCUT2D eigenvalue weighted by atomic mass is 15.2. The van der Waals surface area contributed by atoms with Crippen molar-refractivity contribution in [3.63, 3.8) is 0 Å². The van der Waals surface area contributed by atoms with E-state index in [4.69, 9.17) is 4.99 Å². The molecule has 3 atom stereocenters. The number of rotatable bonds is 6. The van der Waals surface area contributed by atoms with E-state index >= 15 is 0 Å². The van der Waals surface area contributed by atoms with Gasteiger partial charge in [0.05, 0.1) is 22.3 Å². The van der Waals surface area contributed by atoms with Gasteiger partial charge in [-0.3, -0.25) is 4.99 Å². The Bertz CT molecular complexity index is 2990. The van der Waals surface area contributed by atoms with Gasteiger partial charge in [0, 0.05) is 52.1 Å². The van der Waals surface area contributed by atoms with Crippen molar-refractivity contribution < 1.29 is 0 Å². The van der Waals surface area contributed by atoms with Crippen molar-refractivity contribution >= 4 is 50.2 Å². The smallest absolute Gasteiger partial charge is 0.147 e. The minimum absolute atomic E-state index is 0.152. The van der Waals surface area contributed by atoms with Gasteiger partial charge >= 0.3 is 0 Å². The van der Waals surface area contributed by atoms with Gasteiger partial charge in [-0.05, 0) is 83.3 Å². The first-order valence-corrected chi connectivity index (χ1v) is 20.2. The van der Waals surface area contributed by atoms with Gasteiger partial charge in [-0.25, -0.2) is 0 Å². The Kier molecular flexibility index (Phi) is 7.94. The van der Waals surface area contributed by atoms with Crippen molar-refractivity contribution in [3.05, 3.63) is 234 Å². The predicted octanol–water partition coefficient (Wildman–Crippen LogP) is 12.9. The Morgan fingerprint density at radius 3 is 2.07 bits per heavy atom. The van der Waals surface area contributed by atoms with Gasteiger partial charge in [-0.1, -0.05) is 158 Å². The summed E-state index contributed by atoms with van der Waals surface area (Å²) in [5.41, 5.74) is 15.1. The number of anilines is 2. The number of fused-ring (bicyclic) bond motifs is 6. The molecule has 0 amide bonds. The SMILES string of the molecule is CN1C(c2ccccc2)=CC(c2cccc(-n3c4ccccc4c4ccc(C5=CC6c7ccccc7N(c7ccccc7)C6(C)C=C5)cc43)c2)=NC1c1ccccc1. The van der Waals surface area contributed by atoms with Crippen LogP contribution in [0.3, 0.4) is 0 Å². The van der Waals surface area contributed by atoms with Crippen molar-refractivity contribution in [3.8, 4) is 5.69 Å². The number of hydrogen-bond acceptors (Lipinski definition) is 3. The van der Waals surface area contributed by atoms with Crippen LogP contribution in [0.15, 0.2) is 211 Å². The van der Waals surface area contributed by atoms with Crippen LogP contribution in [0.2, 0.25) is 0 Å². The van der Waals surface area contributed by atoms with Crippen LogP contribution in [0.5, 0.6) is 0 Å². The second-order valence-corrected chi connectivity index (χ2v) is 15.8. The van der Waals surface area contributed by atoms with Crippen LogP contribution in [0.4, 0.5) is 11.4 Å². The summed E-state index contributed by atoms with van der Waals surface area (Å²) in [7, 11) is 2.14. The molecule has 3 aliphatic rings. The third kappa shape index (κ3) is 5.40. The Morgan fingerprint density at radius 2 is 1.24 bits per heavy atom. The molecule has 278 valence electrons. The number of aliphatic imine (C=N–C) groups is 1. The topological polar surface area (TPSA) is 23.8 Å². The minimum Gasteiger partial charge on any atom is -0.349 e. The molecule has 1 aliphatic carbocycles. The molecule has 8 aromatic rings. The van der Waals surface area contributed by atoms with E-state index in [-0.39, 0.29) is 17.6 Å². The molecule has 58 heavy (non-hydrogen) atoms. The summed E-state index contributed by atoms with van der Waals surface area (Å²) in [5, 5.41) is 2.48. The zero-order valence-corrected chi connectivity index (χ0v) is 32.6. The van der Waals surface area contributed by atoms with Crippen LogP contribution < -0.4 is 4.90 Å². The van der Waals surface area contributed by atoms with Gasteiger partial charge in [0.25, 0.3) is 0 Å². The molecular formula is C54H42N4.